The van der Waals surface area contributed by atoms with E-state index in [0.29, 0.717) is 10.6 Å². The Morgan fingerprint density at radius 2 is 2.12 bits per heavy atom. The summed E-state index contributed by atoms with van der Waals surface area (Å²) >= 11 is 5.85. The summed E-state index contributed by atoms with van der Waals surface area (Å²) in [5.41, 5.74) is 0.172. The average molecular weight is 251 g/mol. The predicted molar refractivity (Wildman–Crippen MR) is 67.4 cm³/mol. The third-order valence-electron chi connectivity index (χ3n) is 2.27. The minimum atomic E-state index is -0.666. The van der Waals surface area contributed by atoms with Gasteiger partial charge in [0.2, 0.25) is 5.91 Å². The van der Waals surface area contributed by atoms with Crippen LogP contribution in [0.5, 0.6) is 0 Å². The molecule has 1 rings (SSSR count). The lowest BCUT2D eigenvalue weighted by atomic mass is 9.94. The van der Waals surface area contributed by atoms with Crippen LogP contribution in [0.4, 0.5) is 0 Å². The molecule has 90 valence electrons. The average Bonchev–Trinajstić information content (AvgIpc) is 2.24. The Labute approximate surface area is 106 Å². The number of hydrogen-bond donors (Lipinski definition) is 1. The number of rotatable bonds is 2. The Morgan fingerprint density at radius 1 is 1.47 bits per heavy atom. The molecule has 0 aliphatic rings. The lowest BCUT2D eigenvalue weighted by Crippen LogP contribution is -2.36. The maximum absolute atomic E-state index is 11.8. The first kappa shape index (κ1) is 13.5. The fourth-order valence-corrected chi connectivity index (χ4v) is 1.42. The van der Waals surface area contributed by atoms with E-state index < -0.39 is 11.5 Å². The summed E-state index contributed by atoms with van der Waals surface area (Å²) in [4.78, 5) is 11.8. The van der Waals surface area contributed by atoms with Gasteiger partial charge in [-0.05, 0) is 17.7 Å². The first-order valence-electron chi connectivity index (χ1n) is 5.30. The molecule has 1 amide bonds. The molecular formula is C13H15ClN2O. The van der Waals surface area contributed by atoms with Gasteiger partial charge in [-0.15, -0.1) is 0 Å². The molecule has 0 saturated heterocycles. The quantitative estimate of drug-likeness (QED) is 0.877. The fourth-order valence-electron chi connectivity index (χ4n) is 1.22. The number of benzene rings is 1. The van der Waals surface area contributed by atoms with E-state index >= 15 is 0 Å². The van der Waals surface area contributed by atoms with Crippen LogP contribution in [0.25, 0.3) is 0 Å². The molecule has 0 spiro atoms. The van der Waals surface area contributed by atoms with Crippen molar-refractivity contribution >= 4 is 17.5 Å². The van der Waals surface area contributed by atoms with Gasteiger partial charge in [-0.2, -0.15) is 5.26 Å². The summed E-state index contributed by atoms with van der Waals surface area (Å²) in [6.45, 7) is 5.40. The Balaban J connectivity index is 2.88. The van der Waals surface area contributed by atoms with Gasteiger partial charge in [0.15, 0.2) is 0 Å². The third-order valence-corrected chi connectivity index (χ3v) is 2.50. The van der Waals surface area contributed by atoms with Crippen molar-refractivity contribution in [2.24, 2.45) is 5.41 Å². The zero-order valence-electron chi connectivity index (χ0n) is 10.1. The fraction of sp³-hybridized carbons (Fsp3) is 0.385. The topological polar surface area (TPSA) is 52.9 Å². The second kappa shape index (κ2) is 5.20. The zero-order valence-corrected chi connectivity index (χ0v) is 10.9. The van der Waals surface area contributed by atoms with Gasteiger partial charge in [-0.25, -0.2) is 0 Å². The first-order valence-corrected chi connectivity index (χ1v) is 5.68. The van der Waals surface area contributed by atoms with Gasteiger partial charge in [0.25, 0.3) is 0 Å². The Bertz CT molecular complexity index is 457. The zero-order chi connectivity index (χ0) is 13.1. The molecule has 0 bridgehead atoms. The molecule has 0 saturated carbocycles. The van der Waals surface area contributed by atoms with E-state index in [1.807, 2.05) is 0 Å². The van der Waals surface area contributed by atoms with E-state index in [-0.39, 0.29) is 5.91 Å². The van der Waals surface area contributed by atoms with Crippen molar-refractivity contribution in [1.82, 2.24) is 5.32 Å². The molecule has 0 radical (unpaired) electrons. The summed E-state index contributed by atoms with van der Waals surface area (Å²) < 4.78 is 0. The van der Waals surface area contributed by atoms with Crippen LogP contribution >= 0.6 is 11.6 Å². The van der Waals surface area contributed by atoms with Crippen molar-refractivity contribution in [3.05, 3.63) is 34.9 Å². The van der Waals surface area contributed by atoms with Crippen molar-refractivity contribution < 1.29 is 4.79 Å². The molecule has 1 atom stereocenters. The van der Waals surface area contributed by atoms with Crippen LogP contribution in [0.2, 0.25) is 5.02 Å². The van der Waals surface area contributed by atoms with Gasteiger partial charge in [-0.1, -0.05) is 44.5 Å². The van der Waals surface area contributed by atoms with Crippen LogP contribution in [-0.2, 0) is 4.79 Å². The smallest absolute Gasteiger partial charge is 0.226 e. The Hall–Kier alpha value is -1.53. The SMILES string of the molecule is CC(C)(C)C(=O)NC(C#N)c1cccc(Cl)c1. The normalized spacial score (nSPS) is 12.6. The summed E-state index contributed by atoms with van der Waals surface area (Å²) in [7, 11) is 0. The van der Waals surface area contributed by atoms with E-state index in [4.69, 9.17) is 16.9 Å². The second-order valence-corrected chi connectivity index (χ2v) is 5.28. The Morgan fingerprint density at radius 3 is 2.59 bits per heavy atom. The highest BCUT2D eigenvalue weighted by Crippen LogP contribution is 2.20. The predicted octanol–water partition coefficient (Wildman–Crippen LogP) is 3.07. The van der Waals surface area contributed by atoms with Crippen LogP contribution in [-0.4, -0.2) is 5.91 Å². The highest BCUT2D eigenvalue weighted by molar-refractivity contribution is 6.30. The highest BCUT2D eigenvalue weighted by atomic mass is 35.5. The Kier molecular flexibility index (Phi) is 4.14. The standard InChI is InChI=1S/C13H15ClN2O/c1-13(2,3)12(17)16-11(8-15)9-5-4-6-10(14)7-9/h4-7,11H,1-3H3,(H,16,17). The van der Waals surface area contributed by atoms with E-state index in [2.05, 4.69) is 11.4 Å². The van der Waals surface area contributed by atoms with E-state index in [1.165, 1.54) is 0 Å². The summed E-state index contributed by atoms with van der Waals surface area (Å²) in [6.07, 6.45) is 0. The maximum Gasteiger partial charge on any atom is 0.226 e. The molecule has 1 unspecified atom stereocenters. The minimum absolute atomic E-state index is 0.163. The largest absolute Gasteiger partial charge is 0.336 e. The molecular weight excluding hydrogens is 236 g/mol. The highest BCUT2D eigenvalue weighted by Gasteiger charge is 2.24. The van der Waals surface area contributed by atoms with E-state index in [9.17, 15) is 4.79 Å². The molecule has 0 aromatic heterocycles. The van der Waals surface area contributed by atoms with E-state index in [0.717, 1.165) is 0 Å². The number of nitriles is 1. The van der Waals surface area contributed by atoms with Crippen LogP contribution in [0.1, 0.15) is 32.4 Å². The molecule has 1 aromatic carbocycles. The molecule has 3 nitrogen and oxygen atoms in total. The number of carbonyl (C=O) groups excluding carboxylic acids is 1. The van der Waals surface area contributed by atoms with Gasteiger partial charge < -0.3 is 5.32 Å². The van der Waals surface area contributed by atoms with Crippen LogP contribution < -0.4 is 5.32 Å². The number of carbonyl (C=O) groups is 1. The first-order chi connectivity index (χ1) is 7.84. The number of amides is 1. The molecule has 4 heteroatoms. The molecule has 1 N–H and O–H groups in total. The monoisotopic (exact) mass is 250 g/mol. The van der Waals surface area contributed by atoms with Crippen molar-refractivity contribution in [3.63, 3.8) is 0 Å². The minimum Gasteiger partial charge on any atom is -0.336 e. The second-order valence-electron chi connectivity index (χ2n) is 4.84. The van der Waals surface area contributed by atoms with Gasteiger partial charge in [-0.3, -0.25) is 4.79 Å². The molecule has 17 heavy (non-hydrogen) atoms. The number of halogens is 1. The van der Waals surface area contributed by atoms with Crippen LogP contribution in [0.3, 0.4) is 0 Å². The van der Waals surface area contributed by atoms with Crippen LogP contribution in [0.15, 0.2) is 24.3 Å². The van der Waals surface area contributed by atoms with Gasteiger partial charge in [0.05, 0.1) is 6.07 Å². The van der Waals surface area contributed by atoms with E-state index in [1.54, 1.807) is 45.0 Å². The molecule has 0 fully saturated rings. The van der Waals surface area contributed by atoms with Crippen molar-refractivity contribution in [2.75, 3.05) is 0 Å². The van der Waals surface area contributed by atoms with Gasteiger partial charge in [0.1, 0.15) is 6.04 Å². The molecule has 0 aliphatic carbocycles. The van der Waals surface area contributed by atoms with Gasteiger partial charge in [0, 0.05) is 10.4 Å². The summed E-state index contributed by atoms with van der Waals surface area (Å²) in [6, 6.07) is 8.32. The molecule has 0 aliphatic heterocycles. The maximum atomic E-state index is 11.8. The van der Waals surface area contributed by atoms with Crippen molar-refractivity contribution in [1.29, 1.82) is 5.26 Å². The van der Waals surface area contributed by atoms with Crippen LogP contribution in [0, 0.1) is 16.7 Å². The van der Waals surface area contributed by atoms with Gasteiger partial charge >= 0.3 is 0 Å². The number of nitrogens with one attached hydrogen (secondary N) is 1. The number of nitrogens with zero attached hydrogens (tertiary/aromatic N) is 1. The summed E-state index contributed by atoms with van der Waals surface area (Å²) in [5.74, 6) is -0.163. The third kappa shape index (κ3) is 3.76. The number of hydrogen-bond acceptors (Lipinski definition) is 2. The van der Waals surface area contributed by atoms with Crippen molar-refractivity contribution in [2.45, 2.75) is 26.8 Å². The molecule has 1 aromatic rings. The lowest BCUT2D eigenvalue weighted by Gasteiger charge is -2.20. The lowest BCUT2D eigenvalue weighted by molar-refractivity contribution is -0.128. The van der Waals surface area contributed by atoms with Crippen molar-refractivity contribution in [3.8, 4) is 6.07 Å². The molecule has 0 heterocycles. The summed E-state index contributed by atoms with van der Waals surface area (Å²) in [5, 5.41) is 12.3.